The van der Waals surface area contributed by atoms with Crippen molar-refractivity contribution in [3.8, 4) is 0 Å². The average molecular weight is 290 g/mol. The van der Waals surface area contributed by atoms with Crippen LogP contribution in [0.5, 0.6) is 0 Å². The molecule has 0 aromatic rings. The van der Waals surface area contributed by atoms with Gasteiger partial charge in [-0.05, 0) is 81.0 Å². The topological polar surface area (TPSA) is 26.3 Å². The van der Waals surface area contributed by atoms with E-state index >= 15 is 0 Å². The van der Waals surface area contributed by atoms with E-state index in [2.05, 4.69) is 13.8 Å². The van der Waals surface area contributed by atoms with Gasteiger partial charge in [0.2, 0.25) is 0 Å². The van der Waals surface area contributed by atoms with Crippen molar-refractivity contribution >= 4 is 5.78 Å². The lowest BCUT2D eigenvalue weighted by molar-refractivity contribution is -0.192. The zero-order chi connectivity index (χ0) is 14.7. The second-order valence-corrected chi connectivity index (χ2v) is 8.74. The first-order valence-electron chi connectivity index (χ1n) is 9.19. The molecule has 4 fully saturated rings. The van der Waals surface area contributed by atoms with Crippen LogP contribution in [0.4, 0.5) is 0 Å². The van der Waals surface area contributed by atoms with E-state index in [0.29, 0.717) is 17.1 Å². The predicted molar refractivity (Wildman–Crippen MR) is 83.0 cm³/mol. The first-order chi connectivity index (χ1) is 10.0. The summed E-state index contributed by atoms with van der Waals surface area (Å²) in [5.74, 6) is 3.69. The highest BCUT2D eigenvalue weighted by Gasteiger charge is 2.57. The van der Waals surface area contributed by atoms with E-state index in [1.165, 1.54) is 38.5 Å². The maximum atomic E-state index is 11.9. The van der Waals surface area contributed by atoms with Gasteiger partial charge < -0.3 is 4.74 Å². The van der Waals surface area contributed by atoms with Crippen LogP contribution >= 0.6 is 0 Å². The lowest BCUT2D eigenvalue weighted by Gasteiger charge is -2.61. The van der Waals surface area contributed by atoms with Crippen LogP contribution in [0.1, 0.15) is 71.6 Å². The second-order valence-electron chi connectivity index (χ2n) is 8.74. The Morgan fingerprint density at radius 1 is 1.05 bits per heavy atom. The van der Waals surface area contributed by atoms with Crippen molar-refractivity contribution in [1.82, 2.24) is 0 Å². The van der Waals surface area contributed by atoms with Gasteiger partial charge in [0, 0.05) is 19.4 Å². The van der Waals surface area contributed by atoms with Crippen molar-refractivity contribution in [2.75, 3.05) is 6.61 Å². The van der Waals surface area contributed by atoms with E-state index in [4.69, 9.17) is 4.74 Å². The highest BCUT2D eigenvalue weighted by molar-refractivity contribution is 5.79. The van der Waals surface area contributed by atoms with Crippen LogP contribution in [0, 0.1) is 29.1 Å². The summed E-state index contributed by atoms with van der Waals surface area (Å²) in [6.45, 7) is 5.87. The summed E-state index contributed by atoms with van der Waals surface area (Å²) in [5, 5.41) is 0. The number of rotatable bonds is 0. The van der Waals surface area contributed by atoms with E-state index in [0.717, 1.165) is 43.6 Å². The second kappa shape index (κ2) is 4.81. The molecule has 0 unspecified atom stereocenters. The van der Waals surface area contributed by atoms with Gasteiger partial charge in [0.05, 0.1) is 5.60 Å². The molecule has 4 aliphatic rings. The molecular formula is C19H30O2. The Kier molecular flexibility index (Phi) is 3.26. The standard InChI is InChI=1S/C19H30O2/c1-18-9-7-14(20)12-13(18)5-6-15-16(18)8-10-19(2)17(15)4-3-11-21-19/h13,15-17H,3-12H2,1-2H3/t13-,15+,16-,17-,18-,19-/m0/s1. The van der Waals surface area contributed by atoms with Gasteiger partial charge in [-0.1, -0.05) is 6.92 Å². The van der Waals surface area contributed by atoms with Crippen LogP contribution in [0.25, 0.3) is 0 Å². The number of carbonyl (C=O) groups is 1. The maximum absolute atomic E-state index is 11.9. The summed E-state index contributed by atoms with van der Waals surface area (Å²) < 4.78 is 6.25. The summed E-state index contributed by atoms with van der Waals surface area (Å²) in [4.78, 5) is 11.9. The normalized spacial score (nSPS) is 53.5. The first kappa shape index (κ1) is 14.2. The fourth-order valence-electron chi connectivity index (χ4n) is 6.64. The Labute approximate surface area is 129 Å². The summed E-state index contributed by atoms with van der Waals surface area (Å²) in [7, 11) is 0. The van der Waals surface area contributed by atoms with Crippen LogP contribution in [-0.4, -0.2) is 18.0 Å². The number of carbonyl (C=O) groups excluding carboxylic acids is 1. The number of Topliss-reactive ketones (excluding diaryl/α,β-unsaturated/α-hetero) is 1. The molecule has 0 aromatic heterocycles. The molecule has 118 valence electrons. The van der Waals surface area contributed by atoms with Gasteiger partial charge in [-0.2, -0.15) is 0 Å². The number of ketones is 1. The molecule has 0 amide bonds. The molecule has 4 rings (SSSR count). The molecule has 0 radical (unpaired) electrons. The van der Waals surface area contributed by atoms with Crippen molar-refractivity contribution in [1.29, 1.82) is 0 Å². The SMILES string of the molecule is C[C@]12CCC(=O)C[C@@H]1CC[C@@H]1[C@@H]2CC[C@]2(C)OCCC[C@@H]12. The van der Waals surface area contributed by atoms with E-state index in [-0.39, 0.29) is 5.60 Å². The molecular weight excluding hydrogens is 260 g/mol. The van der Waals surface area contributed by atoms with Crippen molar-refractivity contribution in [2.24, 2.45) is 29.1 Å². The zero-order valence-electron chi connectivity index (χ0n) is 13.7. The van der Waals surface area contributed by atoms with E-state index < -0.39 is 0 Å². The van der Waals surface area contributed by atoms with Crippen molar-refractivity contribution in [2.45, 2.75) is 77.2 Å². The van der Waals surface area contributed by atoms with Gasteiger partial charge in [-0.15, -0.1) is 0 Å². The number of fused-ring (bicyclic) bond motifs is 5. The minimum absolute atomic E-state index is 0.160. The fraction of sp³-hybridized carbons (Fsp3) is 0.947. The lowest BCUT2D eigenvalue weighted by Crippen LogP contribution is -2.57. The third-order valence-electron chi connectivity index (χ3n) is 7.91. The molecule has 0 aromatic carbocycles. The van der Waals surface area contributed by atoms with Gasteiger partial charge in [-0.3, -0.25) is 4.79 Å². The van der Waals surface area contributed by atoms with Crippen LogP contribution in [0.15, 0.2) is 0 Å². The molecule has 3 saturated carbocycles. The van der Waals surface area contributed by atoms with Crippen LogP contribution in [-0.2, 0) is 9.53 Å². The first-order valence-corrected chi connectivity index (χ1v) is 9.19. The summed E-state index contributed by atoms with van der Waals surface area (Å²) >= 11 is 0. The number of hydrogen-bond acceptors (Lipinski definition) is 2. The molecule has 3 aliphatic carbocycles. The number of hydrogen-bond donors (Lipinski definition) is 0. The van der Waals surface area contributed by atoms with Crippen LogP contribution in [0.2, 0.25) is 0 Å². The Balaban J connectivity index is 1.62. The Morgan fingerprint density at radius 2 is 1.90 bits per heavy atom. The monoisotopic (exact) mass is 290 g/mol. The van der Waals surface area contributed by atoms with E-state index in [1.807, 2.05) is 0 Å². The van der Waals surface area contributed by atoms with Gasteiger partial charge in [0.15, 0.2) is 0 Å². The summed E-state index contributed by atoms with van der Waals surface area (Å²) in [6.07, 6.45) is 10.7. The molecule has 1 aliphatic heterocycles. The highest BCUT2D eigenvalue weighted by atomic mass is 16.5. The lowest BCUT2D eigenvalue weighted by atomic mass is 9.46. The molecule has 0 spiro atoms. The smallest absolute Gasteiger partial charge is 0.133 e. The molecule has 21 heavy (non-hydrogen) atoms. The van der Waals surface area contributed by atoms with Gasteiger partial charge in [-0.25, -0.2) is 0 Å². The van der Waals surface area contributed by atoms with Crippen molar-refractivity contribution in [3.63, 3.8) is 0 Å². The third kappa shape index (κ3) is 2.04. The summed E-state index contributed by atoms with van der Waals surface area (Å²) in [5.41, 5.74) is 0.600. The Hall–Kier alpha value is -0.370. The number of ether oxygens (including phenoxy) is 1. The molecule has 1 saturated heterocycles. The Bertz CT molecular complexity index is 445. The van der Waals surface area contributed by atoms with E-state index in [9.17, 15) is 4.79 Å². The van der Waals surface area contributed by atoms with Crippen molar-refractivity contribution in [3.05, 3.63) is 0 Å². The molecule has 0 N–H and O–H groups in total. The van der Waals surface area contributed by atoms with Crippen molar-refractivity contribution < 1.29 is 9.53 Å². The molecule has 2 heteroatoms. The van der Waals surface area contributed by atoms with Gasteiger partial charge in [0.1, 0.15) is 5.78 Å². The van der Waals surface area contributed by atoms with Crippen LogP contribution < -0.4 is 0 Å². The zero-order valence-corrected chi connectivity index (χ0v) is 13.7. The summed E-state index contributed by atoms with van der Waals surface area (Å²) in [6, 6.07) is 0. The largest absolute Gasteiger partial charge is 0.375 e. The Morgan fingerprint density at radius 3 is 2.76 bits per heavy atom. The van der Waals surface area contributed by atoms with E-state index in [1.54, 1.807) is 0 Å². The molecule has 6 atom stereocenters. The molecule has 2 nitrogen and oxygen atoms in total. The third-order valence-corrected chi connectivity index (χ3v) is 7.91. The molecule has 0 bridgehead atoms. The fourth-order valence-corrected chi connectivity index (χ4v) is 6.64. The van der Waals surface area contributed by atoms with Gasteiger partial charge in [0.25, 0.3) is 0 Å². The maximum Gasteiger partial charge on any atom is 0.133 e. The quantitative estimate of drug-likeness (QED) is 0.662. The predicted octanol–water partition coefficient (Wildman–Crippen LogP) is 4.37. The minimum atomic E-state index is 0.160. The molecule has 1 heterocycles. The highest BCUT2D eigenvalue weighted by Crippen LogP contribution is 2.62. The van der Waals surface area contributed by atoms with Gasteiger partial charge >= 0.3 is 0 Å². The van der Waals surface area contributed by atoms with Crippen LogP contribution in [0.3, 0.4) is 0 Å². The minimum Gasteiger partial charge on any atom is -0.375 e. The average Bonchev–Trinajstić information content (AvgIpc) is 2.47.